The van der Waals surface area contributed by atoms with E-state index in [0.717, 1.165) is 47.7 Å². The first-order valence-corrected chi connectivity index (χ1v) is 10.7. The monoisotopic (exact) mass is 432 g/mol. The van der Waals surface area contributed by atoms with Gasteiger partial charge in [0.2, 0.25) is 0 Å². The molecule has 0 fully saturated rings. The number of fused-ring (bicyclic) bond motifs is 1. The summed E-state index contributed by atoms with van der Waals surface area (Å²) in [7, 11) is 6.05. The summed E-state index contributed by atoms with van der Waals surface area (Å²) in [4.78, 5) is 16.4. The van der Waals surface area contributed by atoms with Gasteiger partial charge in [-0.3, -0.25) is 0 Å². The molecule has 0 saturated carbocycles. The first-order valence-electron chi connectivity index (χ1n) is 10.7. The molecule has 2 aromatic carbocycles. The standard InChI is InChI=1S/C25H29FN6/c1-31(2)12-11-27-15-20-10-9-19(13-22(20)26)23-14-21-24(30-23)28-17-29-25(21)32(3)16-18-7-5-4-6-8-18/h4-10,13-14,17,27H,11-12,15-16H2,1-3H3,(H,28,29,30). The van der Waals surface area contributed by atoms with Crippen molar-refractivity contribution in [2.75, 3.05) is 39.1 Å². The Bertz CT molecular complexity index is 1170. The van der Waals surface area contributed by atoms with E-state index in [9.17, 15) is 4.39 Å². The number of aromatic amines is 1. The summed E-state index contributed by atoms with van der Waals surface area (Å²) < 4.78 is 14.7. The van der Waals surface area contributed by atoms with Crippen molar-refractivity contribution in [3.8, 4) is 11.3 Å². The summed E-state index contributed by atoms with van der Waals surface area (Å²) in [6.45, 7) is 2.97. The van der Waals surface area contributed by atoms with Gasteiger partial charge in [0.25, 0.3) is 0 Å². The largest absolute Gasteiger partial charge is 0.355 e. The zero-order chi connectivity index (χ0) is 22.5. The minimum atomic E-state index is -0.217. The fourth-order valence-electron chi connectivity index (χ4n) is 3.70. The number of hydrogen-bond acceptors (Lipinski definition) is 5. The molecule has 0 atom stereocenters. The van der Waals surface area contributed by atoms with Crippen LogP contribution in [0.5, 0.6) is 0 Å². The molecule has 32 heavy (non-hydrogen) atoms. The van der Waals surface area contributed by atoms with Crippen molar-refractivity contribution in [1.82, 2.24) is 25.2 Å². The fraction of sp³-hybridized carbons (Fsp3) is 0.280. The molecule has 7 heteroatoms. The second kappa shape index (κ2) is 9.89. The number of nitrogens with zero attached hydrogens (tertiary/aromatic N) is 4. The highest BCUT2D eigenvalue weighted by molar-refractivity contribution is 5.91. The molecule has 166 valence electrons. The molecule has 0 bridgehead atoms. The van der Waals surface area contributed by atoms with Gasteiger partial charge in [0.15, 0.2) is 0 Å². The van der Waals surface area contributed by atoms with Gasteiger partial charge in [-0.25, -0.2) is 14.4 Å². The minimum Gasteiger partial charge on any atom is -0.355 e. The Labute approximate surface area is 188 Å². The van der Waals surface area contributed by atoms with Crippen LogP contribution in [0.4, 0.5) is 10.2 Å². The minimum absolute atomic E-state index is 0.217. The molecule has 4 aromatic rings. The third-order valence-electron chi connectivity index (χ3n) is 5.44. The molecule has 0 aliphatic carbocycles. The summed E-state index contributed by atoms with van der Waals surface area (Å²) in [5.74, 6) is 0.620. The molecule has 0 unspecified atom stereocenters. The maximum absolute atomic E-state index is 14.7. The van der Waals surface area contributed by atoms with Crippen molar-refractivity contribution in [2.24, 2.45) is 0 Å². The average Bonchev–Trinajstić information content (AvgIpc) is 3.22. The van der Waals surface area contributed by atoms with E-state index in [1.165, 1.54) is 5.56 Å². The first-order chi connectivity index (χ1) is 15.5. The van der Waals surface area contributed by atoms with Crippen LogP contribution in [0.15, 0.2) is 60.9 Å². The molecule has 6 nitrogen and oxygen atoms in total. The predicted molar refractivity (Wildman–Crippen MR) is 128 cm³/mol. The Hall–Kier alpha value is -3.29. The maximum atomic E-state index is 14.7. The highest BCUT2D eigenvalue weighted by Gasteiger charge is 2.14. The average molecular weight is 433 g/mol. The number of hydrogen-bond donors (Lipinski definition) is 2. The summed E-state index contributed by atoms with van der Waals surface area (Å²) in [6, 6.07) is 17.6. The Balaban J connectivity index is 1.54. The summed E-state index contributed by atoms with van der Waals surface area (Å²) in [6.07, 6.45) is 1.56. The van der Waals surface area contributed by atoms with Crippen molar-refractivity contribution in [1.29, 1.82) is 0 Å². The molecule has 2 aromatic heterocycles. The number of H-pyrrole nitrogens is 1. The number of benzene rings is 2. The van der Waals surface area contributed by atoms with Crippen molar-refractivity contribution in [3.05, 3.63) is 77.9 Å². The van der Waals surface area contributed by atoms with E-state index in [0.29, 0.717) is 12.1 Å². The van der Waals surface area contributed by atoms with Gasteiger partial charge in [0.1, 0.15) is 23.6 Å². The fourth-order valence-corrected chi connectivity index (χ4v) is 3.70. The Morgan fingerprint density at radius 1 is 1.00 bits per heavy atom. The van der Waals surface area contributed by atoms with Crippen molar-refractivity contribution in [3.63, 3.8) is 0 Å². The Morgan fingerprint density at radius 3 is 2.56 bits per heavy atom. The van der Waals surface area contributed by atoms with Gasteiger partial charge in [-0.1, -0.05) is 42.5 Å². The van der Waals surface area contributed by atoms with Gasteiger partial charge in [0, 0.05) is 50.0 Å². The lowest BCUT2D eigenvalue weighted by Crippen LogP contribution is -2.26. The molecule has 0 saturated heterocycles. The van der Waals surface area contributed by atoms with E-state index in [1.807, 2.05) is 57.5 Å². The Morgan fingerprint density at radius 2 is 1.81 bits per heavy atom. The molecule has 0 aliphatic rings. The highest BCUT2D eigenvalue weighted by atomic mass is 19.1. The summed E-state index contributed by atoms with van der Waals surface area (Å²) in [5, 5.41) is 4.19. The number of halogens is 1. The van der Waals surface area contributed by atoms with Crippen molar-refractivity contribution in [2.45, 2.75) is 13.1 Å². The predicted octanol–water partition coefficient (Wildman–Crippen LogP) is 4.05. The molecule has 2 N–H and O–H groups in total. The van der Waals surface area contributed by atoms with E-state index in [-0.39, 0.29) is 5.82 Å². The zero-order valence-electron chi connectivity index (χ0n) is 18.8. The van der Waals surface area contributed by atoms with Crippen LogP contribution < -0.4 is 10.2 Å². The van der Waals surface area contributed by atoms with Crippen LogP contribution in [-0.4, -0.2) is 54.1 Å². The highest BCUT2D eigenvalue weighted by Crippen LogP contribution is 2.29. The maximum Gasteiger partial charge on any atom is 0.143 e. The second-order valence-electron chi connectivity index (χ2n) is 8.27. The van der Waals surface area contributed by atoms with E-state index in [1.54, 1.807) is 12.4 Å². The second-order valence-corrected chi connectivity index (χ2v) is 8.27. The molecule has 2 heterocycles. The van der Waals surface area contributed by atoms with Gasteiger partial charge in [-0.15, -0.1) is 0 Å². The third kappa shape index (κ3) is 5.12. The molecule has 0 spiro atoms. The number of anilines is 1. The molecular weight excluding hydrogens is 403 g/mol. The van der Waals surface area contributed by atoms with Crippen LogP contribution in [0, 0.1) is 5.82 Å². The number of likely N-dealkylation sites (N-methyl/N-ethyl adjacent to an activating group) is 1. The summed E-state index contributed by atoms with van der Waals surface area (Å²) in [5.41, 5.74) is 4.20. The summed E-state index contributed by atoms with van der Waals surface area (Å²) >= 11 is 0. The van der Waals surface area contributed by atoms with Crippen molar-refractivity contribution >= 4 is 16.9 Å². The van der Waals surface area contributed by atoms with E-state index in [2.05, 4.69) is 42.2 Å². The van der Waals surface area contributed by atoms with Crippen LogP contribution in [-0.2, 0) is 13.1 Å². The molecule has 0 radical (unpaired) electrons. The van der Waals surface area contributed by atoms with Crippen LogP contribution in [0.1, 0.15) is 11.1 Å². The number of aromatic nitrogens is 3. The van der Waals surface area contributed by atoms with E-state index in [4.69, 9.17) is 0 Å². The lowest BCUT2D eigenvalue weighted by molar-refractivity contribution is 0.399. The molecule has 0 amide bonds. The SMILES string of the molecule is CN(C)CCNCc1ccc(-c2cc3c(N(C)Cc4ccccc4)ncnc3[nH]2)cc1F. The van der Waals surface area contributed by atoms with Gasteiger partial charge >= 0.3 is 0 Å². The van der Waals surface area contributed by atoms with Crippen LogP contribution in [0.25, 0.3) is 22.3 Å². The van der Waals surface area contributed by atoms with Gasteiger partial charge < -0.3 is 20.1 Å². The number of nitrogens with one attached hydrogen (secondary N) is 2. The van der Waals surface area contributed by atoms with Gasteiger partial charge in [-0.2, -0.15) is 0 Å². The van der Waals surface area contributed by atoms with Crippen LogP contribution in [0.3, 0.4) is 0 Å². The number of rotatable bonds is 9. The van der Waals surface area contributed by atoms with Crippen LogP contribution >= 0.6 is 0 Å². The third-order valence-corrected chi connectivity index (χ3v) is 5.44. The van der Waals surface area contributed by atoms with E-state index < -0.39 is 0 Å². The quantitative estimate of drug-likeness (QED) is 0.391. The lowest BCUT2D eigenvalue weighted by Gasteiger charge is -2.18. The zero-order valence-corrected chi connectivity index (χ0v) is 18.8. The normalized spacial score (nSPS) is 11.4. The van der Waals surface area contributed by atoms with Gasteiger partial charge in [-0.05, 0) is 31.8 Å². The smallest absolute Gasteiger partial charge is 0.143 e. The molecule has 4 rings (SSSR count). The topological polar surface area (TPSA) is 60.1 Å². The van der Waals surface area contributed by atoms with E-state index >= 15 is 0 Å². The molecular formula is C25H29FN6. The van der Waals surface area contributed by atoms with Gasteiger partial charge in [0.05, 0.1) is 5.39 Å². The Kier molecular flexibility index (Phi) is 6.78. The van der Waals surface area contributed by atoms with Crippen LogP contribution in [0.2, 0.25) is 0 Å². The first kappa shape index (κ1) is 21.9. The molecule has 0 aliphatic heterocycles. The lowest BCUT2D eigenvalue weighted by atomic mass is 10.1. The van der Waals surface area contributed by atoms with Crippen molar-refractivity contribution < 1.29 is 4.39 Å².